The molecule has 0 aliphatic carbocycles. The van der Waals surface area contributed by atoms with Crippen LogP contribution < -0.4 is 10.5 Å². The molecule has 2 aromatic rings. The molecule has 3 rings (SSSR count). The first-order valence-corrected chi connectivity index (χ1v) is 8.66. The largest absolute Gasteiger partial charge is 0.476 e. The minimum absolute atomic E-state index is 0. The van der Waals surface area contributed by atoms with E-state index in [9.17, 15) is 13.6 Å². The average molecular weight is 397 g/mol. The minimum Gasteiger partial charge on any atom is -0.476 e. The van der Waals surface area contributed by atoms with Gasteiger partial charge in [0.25, 0.3) is 5.91 Å². The lowest BCUT2D eigenvalue weighted by atomic mass is 10.1. The molecule has 1 aliphatic rings. The van der Waals surface area contributed by atoms with Crippen LogP contribution in [-0.4, -0.2) is 29.9 Å². The third-order valence-corrected chi connectivity index (χ3v) is 4.75. The Morgan fingerprint density at radius 2 is 1.93 bits per heavy atom. The second-order valence-corrected chi connectivity index (χ2v) is 6.66. The van der Waals surface area contributed by atoms with Gasteiger partial charge in [-0.15, -0.1) is 12.4 Å². The van der Waals surface area contributed by atoms with Crippen LogP contribution >= 0.6 is 12.4 Å². The summed E-state index contributed by atoms with van der Waals surface area (Å²) in [4.78, 5) is 14.9. The van der Waals surface area contributed by atoms with E-state index in [2.05, 4.69) is 0 Å². The summed E-state index contributed by atoms with van der Waals surface area (Å²) >= 11 is 0. The first-order chi connectivity index (χ1) is 12.5. The number of amides is 1. The third kappa shape index (κ3) is 4.76. The summed E-state index contributed by atoms with van der Waals surface area (Å²) in [5.74, 6) is -1.82. The van der Waals surface area contributed by atoms with Crippen LogP contribution in [0.1, 0.15) is 25.0 Å². The van der Waals surface area contributed by atoms with E-state index in [1.54, 1.807) is 29.2 Å². The fraction of sp³-hybridized carbons (Fsp3) is 0.350. The lowest BCUT2D eigenvalue weighted by molar-refractivity contribution is -0.139. The van der Waals surface area contributed by atoms with Crippen LogP contribution in [0.15, 0.2) is 48.5 Å². The summed E-state index contributed by atoms with van der Waals surface area (Å²) in [7, 11) is 0. The summed E-state index contributed by atoms with van der Waals surface area (Å²) in [6.45, 7) is 3.07. The molecule has 7 heteroatoms. The monoisotopic (exact) mass is 396 g/mol. The molecule has 0 radical (unpaired) electrons. The van der Waals surface area contributed by atoms with Crippen molar-refractivity contribution in [1.29, 1.82) is 0 Å². The Kier molecular flexibility index (Phi) is 7.16. The maximum absolute atomic E-state index is 13.5. The second kappa shape index (κ2) is 9.15. The van der Waals surface area contributed by atoms with Gasteiger partial charge in [0.2, 0.25) is 6.10 Å². The van der Waals surface area contributed by atoms with Crippen molar-refractivity contribution in [1.82, 2.24) is 4.90 Å². The first kappa shape index (κ1) is 21.1. The van der Waals surface area contributed by atoms with Gasteiger partial charge in [0.05, 0.1) is 0 Å². The Balaban J connectivity index is 0.00000261. The molecule has 146 valence electrons. The van der Waals surface area contributed by atoms with Gasteiger partial charge in [0, 0.05) is 24.2 Å². The molecular weight excluding hydrogens is 374 g/mol. The predicted octanol–water partition coefficient (Wildman–Crippen LogP) is 3.70. The van der Waals surface area contributed by atoms with Crippen LogP contribution in [-0.2, 0) is 4.79 Å². The summed E-state index contributed by atoms with van der Waals surface area (Å²) in [5, 5.41) is 0. The molecule has 1 fully saturated rings. The van der Waals surface area contributed by atoms with E-state index in [-0.39, 0.29) is 36.0 Å². The Labute approximate surface area is 163 Å². The van der Waals surface area contributed by atoms with E-state index in [1.165, 1.54) is 6.07 Å². The van der Waals surface area contributed by atoms with Crippen LogP contribution in [0.25, 0.3) is 0 Å². The lowest BCUT2D eigenvalue weighted by Crippen LogP contribution is -2.39. The maximum Gasteiger partial charge on any atom is 0.268 e. The van der Waals surface area contributed by atoms with Gasteiger partial charge >= 0.3 is 0 Å². The van der Waals surface area contributed by atoms with Crippen molar-refractivity contribution in [2.45, 2.75) is 25.5 Å². The number of carbonyl (C=O) groups is 1. The Morgan fingerprint density at radius 1 is 1.22 bits per heavy atom. The number of nitrogens with two attached hydrogens (primary N) is 1. The highest BCUT2D eigenvalue weighted by Crippen LogP contribution is 2.30. The molecule has 0 spiro atoms. The molecular formula is C20H23ClF2N2O2. The van der Waals surface area contributed by atoms with Gasteiger partial charge in [-0.2, -0.15) is 0 Å². The second-order valence-electron chi connectivity index (χ2n) is 6.66. The molecule has 4 nitrogen and oxygen atoms in total. The number of hydrogen-bond acceptors (Lipinski definition) is 3. The number of nitrogens with zero attached hydrogens (tertiary/aromatic N) is 1. The minimum atomic E-state index is -1.01. The first-order valence-electron chi connectivity index (χ1n) is 8.66. The average Bonchev–Trinajstić information content (AvgIpc) is 3.03. The zero-order valence-electron chi connectivity index (χ0n) is 15.0. The van der Waals surface area contributed by atoms with Crippen molar-refractivity contribution in [2.24, 2.45) is 11.7 Å². The van der Waals surface area contributed by atoms with Crippen molar-refractivity contribution >= 4 is 18.3 Å². The number of ether oxygens (including phenoxy) is 1. The number of rotatable bonds is 5. The SMILES string of the molecule is CC1CC(CN)CN1C(=O)C(Oc1ccc(F)c(F)c1)c1ccccc1.Cl. The zero-order chi connectivity index (χ0) is 18.7. The number of hydrogen-bond donors (Lipinski definition) is 1. The third-order valence-electron chi connectivity index (χ3n) is 4.75. The van der Waals surface area contributed by atoms with Crippen LogP contribution in [0.5, 0.6) is 5.75 Å². The van der Waals surface area contributed by atoms with E-state index >= 15 is 0 Å². The van der Waals surface area contributed by atoms with Gasteiger partial charge in [-0.3, -0.25) is 4.79 Å². The van der Waals surface area contributed by atoms with Gasteiger partial charge in [-0.1, -0.05) is 30.3 Å². The molecule has 1 saturated heterocycles. The molecule has 3 atom stereocenters. The Morgan fingerprint density at radius 3 is 2.52 bits per heavy atom. The summed E-state index contributed by atoms with van der Waals surface area (Å²) in [6, 6.07) is 12.3. The number of benzene rings is 2. The highest BCUT2D eigenvalue weighted by atomic mass is 35.5. The maximum atomic E-state index is 13.5. The number of halogens is 3. The van der Waals surface area contributed by atoms with Gasteiger partial charge < -0.3 is 15.4 Å². The van der Waals surface area contributed by atoms with Crippen molar-refractivity contribution < 1.29 is 18.3 Å². The van der Waals surface area contributed by atoms with Crippen molar-refractivity contribution in [3.05, 3.63) is 65.7 Å². The quantitative estimate of drug-likeness (QED) is 0.838. The van der Waals surface area contributed by atoms with E-state index in [1.807, 2.05) is 13.0 Å². The summed E-state index contributed by atoms with van der Waals surface area (Å²) < 4.78 is 32.5. The van der Waals surface area contributed by atoms with Crippen LogP contribution in [0, 0.1) is 17.6 Å². The molecule has 2 aromatic carbocycles. The van der Waals surface area contributed by atoms with E-state index in [0.29, 0.717) is 18.7 Å². The van der Waals surface area contributed by atoms with Crippen LogP contribution in [0.2, 0.25) is 0 Å². The smallest absolute Gasteiger partial charge is 0.268 e. The van der Waals surface area contributed by atoms with Gasteiger partial charge in [0.15, 0.2) is 11.6 Å². The fourth-order valence-corrected chi connectivity index (χ4v) is 3.35. The summed E-state index contributed by atoms with van der Waals surface area (Å²) in [5.41, 5.74) is 6.41. The molecule has 3 unspecified atom stereocenters. The molecule has 0 aromatic heterocycles. The zero-order valence-corrected chi connectivity index (χ0v) is 15.8. The van der Waals surface area contributed by atoms with Crippen molar-refractivity contribution in [2.75, 3.05) is 13.1 Å². The topological polar surface area (TPSA) is 55.6 Å². The predicted molar refractivity (Wildman–Crippen MR) is 102 cm³/mol. The standard InChI is InChI=1S/C20H22F2N2O2.ClH/c1-13-9-14(11-23)12-24(13)20(25)19(15-5-3-2-4-6-15)26-16-7-8-17(21)18(22)10-16;/h2-8,10,13-14,19H,9,11-12,23H2,1H3;1H. The Bertz CT molecular complexity index is 776. The molecule has 0 saturated carbocycles. The molecule has 0 bridgehead atoms. The highest BCUT2D eigenvalue weighted by Gasteiger charge is 2.36. The highest BCUT2D eigenvalue weighted by molar-refractivity contribution is 5.85. The molecule has 1 aliphatic heterocycles. The lowest BCUT2D eigenvalue weighted by Gasteiger charge is -2.27. The van der Waals surface area contributed by atoms with E-state index < -0.39 is 17.7 Å². The normalized spacial score (nSPS) is 20.1. The number of likely N-dealkylation sites (tertiary alicyclic amines) is 1. The van der Waals surface area contributed by atoms with Crippen LogP contribution in [0.4, 0.5) is 8.78 Å². The van der Waals surface area contributed by atoms with E-state index in [4.69, 9.17) is 10.5 Å². The van der Waals surface area contributed by atoms with E-state index in [0.717, 1.165) is 18.6 Å². The van der Waals surface area contributed by atoms with Gasteiger partial charge in [-0.25, -0.2) is 8.78 Å². The molecule has 2 N–H and O–H groups in total. The molecule has 1 heterocycles. The van der Waals surface area contributed by atoms with Crippen molar-refractivity contribution in [3.63, 3.8) is 0 Å². The van der Waals surface area contributed by atoms with Gasteiger partial charge in [0.1, 0.15) is 5.75 Å². The summed E-state index contributed by atoms with van der Waals surface area (Å²) in [6.07, 6.45) is -0.0883. The molecule has 27 heavy (non-hydrogen) atoms. The Hall–Kier alpha value is -2.18. The van der Waals surface area contributed by atoms with Crippen LogP contribution in [0.3, 0.4) is 0 Å². The van der Waals surface area contributed by atoms with Gasteiger partial charge in [-0.05, 0) is 37.9 Å². The fourth-order valence-electron chi connectivity index (χ4n) is 3.35. The van der Waals surface area contributed by atoms with Crippen molar-refractivity contribution in [3.8, 4) is 5.75 Å². The number of carbonyl (C=O) groups excluding carboxylic acids is 1. The molecule has 1 amide bonds.